The molecule has 0 aliphatic rings. The van der Waals surface area contributed by atoms with E-state index in [1.54, 1.807) is 0 Å². The second-order valence-corrected chi connectivity index (χ2v) is 6.79. The standard InChI is InChI=1S/C18H19Cl2FN2O2/c1-4-9(3)10(5-2)18-22-15(8-24)16(23-18)17(25)11-6-14(21)13(20)7-12(11)19/h6-10H,4-5H2,1-3H3,(H,22,23). The van der Waals surface area contributed by atoms with Gasteiger partial charge in [-0.05, 0) is 24.5 Å². The smallest absolute Gasteiger partial charge is 0.215 e. The SMILES string of the molecule is CCC(C)C(CC)c1nc(C(=O)c2cc(F)c(Cl)cc2Cl)c(C=O)[nH]1. The highest BCUT2D eigenvalue weighted by atomic mass is 35.5. The Morgan fingerprint density at radius 2 is 1.96 bits per heavy atom. The summed E-state index contributed by atoms with van der Waals surface area (Å²) >= 11 is 11.7. The molecule has 1 aromatic heterocycles. The van der Waals surface area contributed by atoms with Crippen LogP contribution in [-0.4, -0.2) is 22.0 Å². The van der Waals surface area contributed by atoms with Crippen LogP contribution in [0.4, 0.5) is 4.39 Å². The fraction of sp³-hybridized carbons (Fsp3) is 0.389. The van der Waals surface area contributed by atoms with Crippen molar-refractivity contribution in [2.45, 2.75) is 39.5 Å². The molecule has 0 saturated heterocycles. The summed E-state index contributed by atoms with van der Waals surface area (Å²) in [4.78, 5) is 31.4. The fourth-order valence-electron chi connectivity index (χ4n) is 2.81. The summed E-state index contributed by atoms with van der Waals surface area (Å²) in [6.45, 7) is 6.18. The van der Waals surface area contributed by atoms with Gasteiger partial charge in [-0.2, -0.15) is 0 Å². The van der Waals surface area contributed by atoms with Crippen molar-refractivity contribution in [3.8, 4) is 0 Å². The van der Waals surface area contributed by atoms with Crippen LogP contribution < -0.4 is 0 Å². The van der Waals surface area contributed by atoms with Crippen molar-refractivity contribution < 1.29 is 14.0 Å². The molecule has 0 spiro atoms. The van der Waals surface area contributed by atoms with E-state index >= 15 is 0 Å². The van der Waals surface area contributed by atoms with Gasteiger partial charge in [-0.3, -0.25) is 9.59 Å². The van der Waals surface area contributed by atoms with E-state index in [2.05, 4.69) is 23.8 Å². The van der Waals surface area contributed by atoms with Crippen LogP contribution in [0, 0.1) is 11.7 Å². The van der Waals surface area contributed by atoms with E-state index in [1.165, 1.54) is 0 Å². The van der Waals surface area contributed by atoms with E-state index < -0.39 is 11.6 Å². The predicted molar refractivity (Wildman–Crippen MR) is 96.3 cm³/mol. The molecule has 2 unspecified atom stereocenters. The van der Waals surface area contributed by atoms with E-state index in [4.69, 9.17) is 23.2 Å². The lowest BCUT2D eigenvalue weighted by Crippen LogP contribution is -2.10. The zero-order chi connectivity index (χ0) is 18.7. The Hall–Kier alpha value is -1.72. The lowest BCUT2D eigenvalue weighted by Gasteiger charge is -2.18. The number of H-pyrrole nitrogens is 1. The van der Waals surface area contributed by atoms with Crippen molar-refractivity contribution in [2.75, 3.05) is 0 Å². The molecule has 0 aliphatic heterocycles. The molecule has 0 saturated carbocycles. The average Bonchev–Trinajstić information content (AvgIpc) is 3.02. The van der Waals surface area contributed by atoms with E-state index in [1.807, 2.05) is 6.92 Å². The maximum Gasteiger partial charge on any atom is 0.215 e. The molecule has 7 heteroatoms. The topological polar surface area (TPSA) is 62.8 Å². The van der Waals surface area contributed by atoms with Crippen molar-refractivity contribution in [3.05, 3.63) is 50.8 Å². The highest BCUT2D eigenvalue weighted by molar-refractivity contribution is 6.37. The number of nitrogens with zero attached hydrogens (tertiary/aromatic N) is 1. The number of halogens is 3. The number of rotatable bonds is 7. The van der Waals surface area contributed by atoms with Gasteiger partial charge in [0.1, 0.15) is 23.0 Å². The van der Waals surface area contributed by atoms with Crippen LogP contribution in [0.2, 0.25) is 10.0 Å². The van der Waals surface area contributed by atoms with Crippen molar-refractivity contribution in [1.29, 1.82) is 0 Å². The summed E-state index contributed by atoms with van der Waals surface area (Å²) in [7, 11) is 0. The molecule has 0 amide bonds. The Balaban J connectivity index is 2.50. The third-order valence-corrected chi connectivity index (χ3v) is 5.06. The van der Waals surface area contributed by atoms with E-state index in [0.29, 0.717) is 18.0 Å². The second-order valence-electron chi connectivity index (χ2n) is 5.98. The molecule has 2 atom stereocenters. The molecule has 2 aromatic rings. The molecular formula is C18H19Cl2FN2O2. The van der Waals surface area contributed by atoms with Gasteiger partial charge in [0.15, 0.2) is 6.29 Å². The van der Waals surface area contributed by atoms with Gasteiger partial charge in [-0.25, -0.2) is 9.37 Å². The van der Waals surface area contributed by atoms with Gasteiger partial charge in [-0.15, -0.1) is 0 Å². The molecule has 1 heterocycles. The largest absolute Gasteiger partial charge is 0.339 e. The third kappa shape index (κ3) is 3.93. The number of carbonyl (C=O) groups excluding carboxylic acids is 2. The van der Waals surface area contributed by atoms with Gasteiger partial charge >= 0.3 is 0 Å². The molecule has 2 rings (SSSR count). The number of aromatic nitrogens is 2. The third-order valence-electron chi connectivity index (χ3n) is 4.46. The van der Waals surface area contributed by atoms with Gasteiger partial charge in [0, 0.05) is 11.5 Å². The number of nitrogens with one attached hydrogen (secondary N) is 1. The highest BCUT2D eigenvalue weighted by Crippen LogP contribution is 2.30. The minimum atomic E-state index is -0.760. The molecule has 1 N–H and O–H groups in total. The Morgan fingerprint density at radius 3 is 2.52 bits per heavy atom. The monoisotopic (exact) mass is 384 g/mol. The van der Waals surface area contributed by atoms with Gasteiger partial charge < -0.3 is 4.98 Å². The van der Waals surface area contributed by atoms with Crippen LogP contribution in [0.3, 0.4) is 0 Å². The number of ketones is 1. The van der Waals surface area contributed by atoms with Gasteiger partial charge in [0.05, 0.1) is 10.0 Å². The Labute approximate surface area is 155 Å². The van der Waals surface area contributed by atoms with Crippen LogP contribution in [0.1, 0.15) is 71.9 Å². The van der Waals surface area contributed by atoms with Crippen LogP contribution in [0.25, 0.3) is 0 Å². The minimum absolute atomic E-state index is 0.00627. The zero-order valence-corrected chi connectivity index (χ0v) is 15.7. The van der Waals surface area contributed by atoms with Crippen LogP contribution in [-0.2, 0) is 0 Å². The molecule has 25 heavy (non-hydrogen) atoms. The number of benzene rings is 1. The molecular weight excluding hydrogens is 366 g/mol. The summed E-state index contributed by atoms with van der Waals surface area (Å²) in [5, 5.41) is -0.172. The first-order valence-corrected chi connectivity index (χ1v) is 8.83. The minimum Gasteiger partial charge on any atom is -0.339 e. The normalized spacial score (nSPS) is 13.5. The Bertz CT molecular complexity index is 805. The van der Waals surface area contributed by atoms with Crippen molar-refractivity contribution >= 4 is 35.3 Å². The van der Waals surface area contributed by atoms with Crippen molar-refractivity contribution in [1.82, 2.24) is 9.97 Å². The molecule has 0 fully saturated rings. The summed E-state index contributed by atoms with van der Waals surface area (Å²) in [5.74, 6) is -0.390. The molecule has 4 nitrogen and oxygen atoms in total. The average molecular weight is 385 g/mol. The second kappa shape index (κ2) is 8.11. The number of hydrogen-bond acceptors (Lipinski definition) is 3. The zero-order valence-electron chi connectivity index (χ0n) is 14.2. The van der Waals surface area contributed by atoms with Crippen LogP contribution in [0.15, 0.2) is 12.1 Å². The molecule has 0 radical (unpaired) electrons. The first-order valence-electron chi connectivity index (χ1n) is 8.08. The van der Waals surface area contributed by atoms with Crippen LogP contribution in [0.5, 0.6) is 0 Å². The summed E-state index contributed by atoms with van der Waals surface area (Å²) < 4.78 is 13.7. The lowest BCUT2D eigenvalue weighted by molar-refractivity contribution is 0.102. The number of aldehydes is 1. The Morgan fingerprint density at radius 1 is 1.28 bits per heavy atom. The quantitative estimate of drug-likeness (QED) is 0.392. The number of aromatic amines is 1. The van der Waals surface area contributed by atoms with Gasteiger partial charge in [-0.1, -0.05) is 50.4 Å². The summed E-state index contributed by atoms with van der Waals surface area (Å²) in [6.07, 6.45) is 2.28. The van der Waals surface area contributed by atoms with E-state index in [0.717, 1.165) is 25.0 Å². The fourth-order valence-corrected chi connectivity index (χ4v) is 3.28. The first-order chi connectivity index (χ1) is 11.8. The van der Waals surface area contributed by atoms with Gasteiger partial charge in [0.2, 0.25) is 5.78 Å². The molecule has 1 aromatic carbocycles. The van der Waals surface area contributed by atoms with Gasteiger partial charge in [0.25, 0.3) is 0 Å². The highest BCUT2D eigenvalue weighted by Gasteiger charge is 2.26. The maximum atomic E-state index is 13.7. The van der Waals surface area contributed by atoms with Crippen molar-refractivity contribution in [2.24, 2.45) is 5.92 Å². The molecule has 0 bridgehead atoms. The molecule has 0 aliphatic carbocycles. The lowest BCUT2D eigenvalue weighted by atomic mass is 9.89. The Kier molecular flexibility index (Phi) is 6.36. The van der Waals surface area contributed by atoms with E-state index in [9.17, 15) is 14.0 Å². The number of imidazole rings is 1. The predicted octanol–water partition coefficient (Wildman–Crippen LogP) is 5.44. The van der Waals surface area contributed by atoms with E-state index in [-0.39, 0.29) is 32.9 Å². The maximum absolute atomic E-state index is 13.7. The number of carbonyl (C=O) groups is 2. The number of hydrogen-bond donors (Lipinski definition) is 1. The first kappa shape index (κ1) is 19.6. The van der Waals surface area contributed by atoms with Crippen molar-refractivity contribution in [3.63, 3.8) is 0 Å². The summed E-state index contributed by atoms with van der Waals surface area (Å²) in [5.41, 5.74) is -0.0788. The van der Waals surface area contributed by atoms with Crippen LogP contribution >= 0.6 is 23.2 Å². The summed E-state index contributed by atoms with van der Waals surface area (Å²) in [6, 6.07) is 2.12. The molecule has 134 valence electrons.